The van der Waals surface area contributed by atoms with E-state index < -0.39 is 0 Å². The van der Waals surface area contributed by atoms with E-state index in [9.17, 15) is 4.79 Å². The second-order valence-corrected chi connectivity index (χ2v) is 10.3. The number of hydrogen-bond acceptors (Lipinski definition) is 2. The molecule has 0 amide bonds. The van der Waals surface area contributed by atoms with Crippen molar-refractivity contribution in [2.45, 2.75) is 85.2 Å². The van der Waals surface area contributed by atoms with Crippen molar-refractivity contribution in [1.29, 1.82) is 0 Å². The first-order valence-electron chi connectivity index (χ1n) is 10.0. The lowest BCUT2D eigenvalue weighted by Gasteiger charge is -2.65. The molecule has 4 fully saturated rings. The summed E-state index contributed by atoms with van der Waals surface area (Å²) < 4.78 is 6.04. The Balaban J connectivity index is 1.80. The maximum atomic E-state index is 11.9. The molecular formula is C22H34O2. The Bertz CT molecular complexity index is 577. The van der Waals surface area contributed by atoms with Crippen LogP contribution in [0.25, 0.3) is 0 Å². The lowest BCUT2D eigenvalue weighted by molar-refractivity contribution is -0.212. The molecule has 0 aromatic rings. The van der Waals surface area contributed by atoms with Gasteiger partial charge in [0.05, 0.1) is 0 Å². The lowest BCUT2D eigenvalue weighted by Crippen LogP contribution is -2.61. The minimum absolute atomic E-state index is 0.0926. The van der Waals surface area contributed by atoms with E-state index in [2.05, 4.69) is 27.4 Å². The van der Waals surface area contributed by atoms with Crippen molar-refractivity contribution in [3.63, 3.8) is 0 Å². The first-order valence-corrected chi connectivity index (χ1v) is 10.0. The smallest absolute Gasteiger partial charge is 0.302 e. The predicted molar refractivity (Wildman–Crippen MR) is 96.4 cm³/mol. The number of esters is 1. The summed E-state index contributed by atoms with van der Waals surface area (Å²) >= 11 is 0. The summed E-state index contributed by atoms with van der Waals surface area (Å²) in [6.45, 7) is 13.5. The predicted octanol–water partition coefficient (Wildman–Crippen LogP) is 5.52. The molecule has 0 aliphatic heterocycles. The fraction of sp³-hybridized carbons (Fsp3) is 0.864. The molecule has 0 N–H and O–H groups in total. The van der Waals surface area contributed by atoms with Gasteiger partial charge >= 0.3 is 5.97 Å². The summed E-state index contributed by atoms with van der Waals surface area (Å²) in [5, 5.41) is 0. The monoisotopic (exact) mass is 330 g/mol. The van der Waals surface area contributed by atoms with Crippen molar-refractivity contribution in [3.8, 4) is 0 Å². The summed E-state index contributed by atoms with van der Waals surface area (Å²) in [6.07, 6.45) is 10.1. The van der Waals surface area contributed by atoms with Gasteiger partial charge in [-0.15, -0.1) is 0 Å². The van der Waals surface area contributed by atoms with Crippen LogP contribution >= 0.6 is 0 Å². The van der Waals surface area contributed by atoms with Crippen LogP contribution in [0.4, 0.5) is 0 Å². The number of rotatable bonds is 1. The Kier molecular flexibility index (Phi) is 3.55. The molecular weight excluding hydrogens is 296 g/mol. The van der Waals surface area contributed by atoms with Crippen LogP contribution in [-0.2, 0) is 9.53 Å². The Labute approximate surface area is 147 Å². The van der Waals surface area contributed by atoms with E-state index in [0.717, 1.165) is 12.8 Å². The number of ether oxygens (including phenoxy) is 1. The van der Waals surface area contributed by atoms with Crippen molar-refractivity contribution < 1.29 is 9.53 Å². The third-order valence-corrected chi connectivity index (χ3v) is 8.73. The Hall–Kier alpha value is -0.790. The molecule has 0 heterocycles. The highest BCUT2D eigenvalue weighted by atomic mass is 16.5. The molecule has 0 radical (unpaired) electrons. The summed E-state index contributed by atoms with van der Waals surface area (Å²) in [5.74, 6) is 1.95. The topological polar surface area (TPSA) is 26.3 Å². The van der Waals surface area contributed by atoms with Crippen LogP contribution in [0.3, 0.4) is 0 Å². The van der Waals surface area contributed by atoms with Gasteiger partial charge in [-0.3, -0.25) is 4.79 Å². The highest BCUT2D eigenvalue weighted by molar-refractivity contribution is 5.66. The highest BCUT2D eigenvalue weighted by Crippen LogP contribution is 2.72. The minimum atomic E-state index is -0.0926. The van der Waals surface area contributed by atoms with Crippen molar-refractivity contribution in [2.75, 3.05) is 0 Å². The zero-order valence-electron chi connectivity index (χ0n) is 16.0. The first kappa shape index (κ1) is 16.7. The average Bonchev–Trinajstić information content (AvgIpc) is 2.71. The van der Waals surface area contributed by atoms with Crippen molar-refractivity contribution in [3.05, 3.63) is 12.2 Å². The molecule has 4 rings (SSSR count). The van der Waals surface area contributed by atoms with E-state index in [4.69, 9.17) is 4.74 Å². The molecule has 6 atom stereocenters. The molecule has 2 heteroatoms. The van der Waals surface area contributed by atoms with Gasteiger partial charge < -0.3 is 4.74 Å². The Morgan fingerprint density at radius 2 is 1.92 bits per heavy atom. The van der Waals surface area contributed by atoms with Gasteiger partial charge in [-0.25, -0.2) is 0 Å². The summed E-state index contributed by atoms with van der Waals surface area (Å²) in [6, 6.07) is 0. The minimum Gasteiger partial charge on any atom is -0.462 e. The molecule has 0 aromatic heterocycles. The summed E-state index contributed by atoms with van der Waals surface area (Å²) in [5.41, 5.74) is 2.39. The normalized spacial score (nSPS) is 49.2. The first-order chi connectivity index (χ1) is 11.2. The van der Waals surface area contributed by atoms with Crippen LogP contribution < -0.4 is 0 Å². The van der Waals surface area contributed by atoms with Crippen LogP contribution in [-0.4, -0.2) is 12.1 Å². The molecule has 2 bridgehead atoms. The van der Waals surface area contributed by atoms with Gasteiger partial charge in [0.2, 0.25) is 0 Å². The number of allylic oxidation sites excluding steroid dienone is 1. The number of carbonyl (C=O) groups excluding carboxylic acids is 1. The Morgan fingerprint density at radius 1 is 1.17 bits per heavy atom. The maximum Gasteiger partial charge on any atom is 0.302 e. The van der Waals surface area contributed by atoms with Gasteiger partial charge in [-0.05, 0) is 73.5 Å². The summed E-state index contributed by atoms with van der Waals surface area (Å²) in [4.78, 5) is 11.9. The van der Waals surface area contributed by atoms with Gasteiger partial charge in [-0.1, -0.05) is 39.3 Å². The number of carbonyl (C=O) groups is 1. The molecule has 1 spiro atoms. The van der Waals surface area contributed by atoms with E-state index in [1.165, 1.54) is 44.1 Å². The number of fused-ring (bicyclic) bond motifs is 3. The van der Waals surface area contributed by atoms with Crippen LogP contribution in [0.1, 0.15) is 79.1 Å². The van der Waals surface area contributed by atoms with Gasteiger partial charge in [0.25, 0.3) is 0 Å². The highest BCUT2D eigenvalue weighted by Gasteiger charge is 2.67. The van der Waals surface area contributed by atoms with Crippen molar-refractivity contribution in [1.82, 2.24) is 0 Å². The molecule has 0 unspecified atom stereocenters. The van der Waals surface area contributed by atoms with Crippen LogP contribution in [0.5, 0.6) is 0 Å². The molecule has 134 valence electrons. The van der Waals surface area contributed by atoms with Crippen molar-refractivity contribution >= 4 is 5.97 Å². The average molecular weight is 331 g/mol. The third kappa shape index (κ3) is 2.10. The zero-order chi connectivity index (χ0) is 17.3. The van der Waals surface area contributed by atoms with Gasteiger partial charge in [0.1, 0.15) is 6.10 Å². The zero-order valence-corrected chi connectivity index (χ0v) is 16.0. The van der Waals surface area contributed by atoms with Crippen LogP contribution in [0, 0.1) is 34.0 Å². The van der Waals surface area contributed by atoms with Gasteiger partial charge in [-0.2, -0.15) is 0 Å². The van der Waals surface area contributed by atoms with E-state index in [-0.39, 0.29) is 17.5 Å². The second kappa shape index (κ2) is 5.11. The standard InChI is InChI=1S/C22H34O2/c1-14-12-22-13-16(14)7-8-17(22)21(5)10-6-9-20(3,4)18(21)11-19(22)24-15(2)23/h16-19H,1,6-13H2,2-5H3/t16-,17+,18+,19+,21+,22+/m1/s1. The number of hydrogen-bond donors (Lipinski definition) is 0. The molecule has 2 nitrogen and oxygen atoms in total. The van der Waals surface area contributed by atoms with Gasteiger partial charge in [0.15, 0.2) is 0 Å². The SMILES string of the molecule is C=C1C[C@]23C[C@H]1CC[C@H]2[C@]1(C)CCCC(C)(C)[C@@H]1C[C@@H]3OC(C)=O. The van der Waals surface area contributed by atoms with Gasteiger partial charge in [0, 0.05) is 12.3 Å². The molecule has 0 saturated heterocycles. The van der Waals surface area contributed by atoms with Crippen LogP contribution in [0.2, 0.25) is 0 Å². The summed E-state index contributed by atoms with van der Waals surface area (Å²) in [7, 11) is 0. The Morgan fingerprint density at radius 3 is 2.62 bits per heavy atom. The molecule has 4 aliphatic carbocycles. The lowest BCUT2D eigenvalue weighted by atomic mass is 9.40. The molecule has 0 aromatic carbocycles. The fourth-order valence-corrected chi connectivity index (χ4v) is 7.91. The van der Waals surface area contributed by atoms with E-state index in [1.54, 1.807) is 6.92 Å². The quantitative estimate of drug-likeness (QED) is 0.467. The third-order valence-electron chi connectivity index (χ3n) is 8.73. The van der Waals surface area contributed by atoms with Crippen molar-refractivity contribution in [2.24, 2.45) is 34.0 Å². The molecule has 4 aliphatic rings. The largest absolute Gasteiger partial charge is 0.462 e. The maximum absolute atomic E-state index is 11.9. The van der Waals surface area contributed by atoms with E-state index in [1.807, 2.05) is 0 Å². The van der Waals surface area contributed by atoms with Crippen LogP contribution in [0.15, 0.2) is 12.2 Å². The fourth-order valence-electron chi connectivity index (χ4n) is 7.91. The molecule has 24 heavy (non-hydrogen) atoms. The molecule has 4 saturated carbocycles. The van der Waals surface area contributed by atoms with E-state index in [0.29, 0.717) is 28.6 Å². The van der Waals surface area contributed by atoms with E-state index >= 15 is 0 Å². The second-order valence-electron chi connectivity index (χ2n) is 10.3.